The lowest BCUT2D eigenvalue weighted by molar-refractivity contribution is -0.385. The van der Waals surface area contributed by atoms with Gasteiger partial charge in [-0.2, -0.15) is 0 Å². The van der Waals surface area contributed by atoms with E-state index in [1.54, 1.807) is 6.21 Å². The molecule has 1 saturated carbocycles. The molecule has 5 nitrogen and oxygen atoms in total. The van der Waals surface area contributed by atoms with Crippen LogP contribution in [0.5, 0.6) is 0 Å². The van der Waals surface area contributed by atoms with Gasteiger partial charge in [-0.25, -0.2) is 4.39 Å². The number of hydrogen-bond donors (Lipinski definition) is 0. The van der Waals surface area contributed by atoms with Crippen LogP contribution in [0.1, 0.15) is 36.3 Å². The SMILES string of the molecule is O=C1CCC(c2cc(F)cc([N+](=O)[O-])c2)CC12C=Nc1ccccc12. The Morgan fingerprint density at radius 1 is 1.24 bits per heavy atom. The Bertz CT molecular complexity index is 925. The molecule has 1 heterocycles. The van der Waals surface area contributed by atoms with E-state index in [9.17, 15) is 19.3 Å². The number of Topliss-reactive ketones (excluding diaryl/α,β-unsaturated/α-hetero) is 1. The molecule has 0 aromatic heterocycles. The van der Waals surface area contributed by atoms with Crippen molar-refractivity contribution in [1.29, 1.82) is 0 Å². The van der Waals surface area contributed by atoms with Gasteiger partial charge in [-0.15, -0.1) is 0 Å². The summed E-state index contributed by atoms with van der Waals surface area (Å²) < 4.78 is 13.8. The Balaban J connectivity index is 1.75. The fourth-order valence-corrected chi connectivity index (χ4v) is 3.95. The first kappa shape index (κ1) is 15.6. The Morgan fingerprint density at radius 3 is 2.84 bits per heavy atom. The zero-order valence-electron chi connectivity index (χ0n) is 13.3. The molecule has 4 rings (SSSR count). The molecule has 0 saturated heterocycles. The first-order valence-electron chi connectivity index (χ1n) is 8.12. The minimum absolute atomic E-state index is 0.100. The minimum atomic E-state index is -0.805. The average Bonchev–Trinajstić information content (AvgIpc) is 2.96. The van der Waals surface area contributed by atoms with Gasteiger partial charge in [-0.1, -0.05) is 18.2 Å². The van der Waals surface area contributed by atoms with E-state index in [1.165, 1.54) is 12.1 Å². The van der Waals surface area contributed by atoms with Crippen molar-refractivity contribution >= 4 is 23.4 Å². The molecular formula is C19H15FN2O3. The first-order chi connectivity index (χ1) is 12.0. The van der Waals surface area contributed by atoms with Crippen LogP contribution in [0.25, 0.3) is 0 Å². The van der Waals surface area contributed by atoms with E-state index in [-0.39, 0.29) is 17.4 Å². The second-order valence-corrected chi connectivity index (χ2v) is 6.61. The highest BCUT2D eigenvalue weighted by molar-refractivity contribution is 6.10. The topological polar surface area (TPSA) is 72.6 Å². The standard InChI is InChI=1S/C19H15FN2O3/c20-14-7-13(8-15(9-14)22(24)25)12-5-6-18(23)19(10-12)11-21-17-4-2-1-3-16(17)19/h1-4,7-9,11-12H,5-6,10H2. The molecule has 0 N–H and O–H groups in total. The van der Waals surface area contributed by atoms with E-state index in [2.05, 4.69) is 4.99 Å². The molecule has 1 aliphatic carbocycles. The third-order valence-corrected chi connectivity index (χ3v) is 5.18. The van der Waals surface area contributed by atoms with Crippen LogP contribution in [-0.4, -0.2) is 16.9 Å². The van der Waals surface area contributed by atoms with Gasteiger partial charge in [0.1, 0.15) is 11.6 Å². The molecule has 2 aromatic carbocycles. The number of ketones is 1. The first-order valence-corrected chi connectivity index (χ1v) is 8.12. The summed E-state index contributed by atoms with van der Waals surface area (Å²) in [6, 6.07) is 11.2. The van der Waals surface area contributed by atoms with E-state index in [0.29, 0.717) is 24.8 Å². The van der Waals surface area contributed by atoms with Gasteiger partial charge in [-0.3, -0.25) is 19.9 Å². The fraction of sp³-hybridized carbons (Fsp3) is 0.263. The Labute approximate surface area is 143 Å². The molecule has 1 spiro atoms. The molecule has 2 unspecified atom stereocenters. The molecular weight excluding hydrogens is 323 g/mol. The van der Waals surface area contributed by atoms with E-state index in [0.717, 1.165) is 17.3 Å². The summed E-state index contributed by atoms with van der Waals surface area (Å²) in [5, 5.41) is 11.0. The summed E-state index contributed by atoms with van der Waals surface area (Å²) in [7, 11) is 0. The van der Waals surface area contributed by atoms with Crippen LogP contribution in [0.2, 0.25) is 0 Å². The Hall–Kier alpha value is -2.89. The van der Waals surface area contributed by atoms with E-state index in [4.69, 9.17) is 0 Å². The largest absolute Gasteiger partial charge is 0.298 e. The molecule has 1 fully saturated rings. The molecule has 1 aliphatic heterocycles. The predicted octanol–water partition coefficient (Wildman–Crippen LogP) is 4.22. The molecule has 0 bridgehead atoms. The maximum atomic E-state index is 13.8. The lowest BCUT2D eigenvalue weighted by Gasteiger charge is -2.35. The number of para-hydroxylation sites is 1. The van der Waals surface area contributed by atoms with Crippen LogP contribution in [0.15, 0.2) is 47.5 Å². The van der Waals surface area contributed by atoms with Crippen LogP contribution in [0.4, 0.5) is 15.8 Å². The lowest BCUT2D eigenvalue weighted by atomic mass is 9.65. The van der Waals surface area contributed by atoms with Crippen molar-refractivity contribution in [3.63, 3.8) is 0 Å². The average molecular weight is 338 g/mol. The number of carbonyl (C=O) groups is 1. The summed E-state index contributed by atoms with van der Waals surface area (Å²) in [5.74, 6) is -0.663. The zero-order chi connectivity index (χ0) is 17.6. The van der Waals surface area contributed by atoms with Crippen LogP contribution in [0.3, 0.4) is 0 Å². The summed E-state index contributed by atoms with van der Waals surface area (Å²) in [5.41, 5.74) is 1.15. The number of nitrogens with zero attached hydrogens (tertiary/aromatic N) is 2. The van der Waals surface area contributed by atoms with Crippen molar-refractivity contribution in [3.8, 4) is 0 Å². The molecule has 2 aromatic rings. The van der Waals surface area contributed by atoms with Crippen LogP contribution >= 0.6 is 0 Å². The van der Waals surface area contributed by atoms with Gasteiger partial charge < -0.3 is 0 Å². The number of carbonyl (C=O) groups excluding carboxylic acids is 1. The maximum Gasteiger partial charge on any atom is 0.272 e. The van der Waals surface area contributed by atoms with E-state index in [1.807, 2.05) is 24.3 Å². The number of halogens is 1. The molecule has 6 heteroatoms. The summed E-state index contributed by atoms with van der Waals surface area (Å²) >= 11 is 0. The number of benzene rings is 2. The number of nitro benzene ring substituents is 1. The van der Waals surface area contributed by atoms with E-state index < -0.39 is 16.2 Å². The number of fused-ring (bicyclic) bond motifs is 2. The molecule has 126 valence electrons. The predicted molar refractivity (Wildman–Crippen MR) is 90.9 cm³/mol. The van der Waals surface area contributed by atoms with Crippen molar-refractivity contribution in [1.82, 2.24) is 0 Å². The van der Waals surface area contributed by atoms with E-state index >= 15 is 0 Å². The monoisotopic (exact) mass is 338 g/mol. The summed E-state index contributed by atoms with van der Waals surface area (Å²) in [4.78, 5) is 27.5. The number of rotatable bonds is 2. The fourth-order valence-electron chi connectivity index (χ4n) is 3.95. The zero-order valence-corrected chi connectivity index (χ0v) is 13.3. The quantitative estimate of drug-likeness (QED) is 0.608. The van der Waals surface area contributed by atoms with Crippen LogP contribution < -0.4 is 0 Å². The van der Waals surface area contributed by atoms with Crippen molar-refractivity contribution in [3.05, 3.63) is 69.5 Å². The third kappa shape index (κ3) is 2.45. The minimum Gasteiger partial charge on any atom is -0.298 e. The van der Waals surface area contributed by atoms with Crippen molar-refractivity contribution in [2.45, 2.75) is 30.6 Å². The van der Waals surface area contributed by atoms with Crippen molar-refractivity contribution in [2.75, 3.05) is 0 Å². The third-order valence-electron chi connectivity index (χ3n) is 5.18. The highest BCUT2D eigenvalue weighted by atomic mass is 19.1. The summed E-state index contributed by atoms with van der Waals surface area (Å²) in [6.45, 7) is 0. The number of hydrogen-bond acceptors (Lipinski definition) is 4. The maximum absolute atomic E-state index is 13.8. The lowest BCUT2D eigenvalue weighted by Crippen LogP contribution is -2.41. The van der Waals surface area contributed by atoms with Crippen LogP contribution in [-0.2, 0) is 10.2 Å². The number of non-ortho nitro benzene ring substituents is 1. The Morgan fingerprint density at radius 2 is 2.04 bits per heavy atom. The number of nitro groups is 1. The van der Waals surface area contributed by atoms with Gasteiger partial charge in [-0.05, 0) is 42.0 Å². The van der Waals surface area contributed by atoms with Gasteiger partial charge >= 0.3 is 0 Å². The Kier molecular flexibility index (Phi) is 3.49. The second kappa shape index (κ2) is 5.58. The van der Waals surface area contributed by atoms with Gasteiger partial charge in [0.25, 0.3) is 5.69 Å². The van der Waals surface area contributed by atoms with Gasteiger partial charge in [0.15, 0.2) is 0 Å². The normalized spacial score (nSPS) is 24.5. The number of aliphatic imine (C=N–C) groups is 1. The van der Waals surface area contributed by atoms with Crippen molar-refractivity contribution in [2.24, 2.45) is 4.99 Å². The molecule has 2 atom stereocenters. The van der Waals surface area contributed by atoms with Gasteiger partial charge in [0.2, 0.25) is 0 Å². The van der Waals surface area contributed by atoms with Gasteiger partial charge in [0, 0.05) is 18.7 Å². The smallest absolute Gasteiger partial charge is 0.272 e. The molecule has 0 amide bonds. The van der Waals surface area contributed by atoms with Crippen molar-refractivity contribution < 1.29 is 14.1 Å². The molecule has 0 radical (unpaired) electrons. The summed E-state index contributed by atoms with van der Waals surface area (Å²) in [6.07, 6.45) is 3.04. The molecule has 25 heavy (non-hydrogen) atoms. The highest BCUT2D eigenvalue weighted by Crippen LogP contribution is 2.48. The van der Waals surface area contributed by atoms with Crippen LogP contribution in [0, 0.1) is 15.9 Å². The second-order valence-electron chi connectivity index (χ2n) is 6.61. The molecule has 2 aliphatic rings. The van der Waals surface area contributed by atoms with Gasteiger partial charge in [0.05, 0.1) is 22.1 Å². The highest BCUT2D eigenvalue weighted by Gasteiger charge is 2.47.